The molecule has 22 heavy (non-hydrogen) atoms. The van der Waals surface area contributed by atoms with Crippen molar-refractivity contribution in [3.8, 4) is 10.7 Å². The lowest BCUT2D eigenvalue weighted by Crippen LogP contribution is -1.96. The van der Waals surface area contributed by atoms with E-state index in [-0.39, 0.29) is 9.46 Å². The Morgan fingerprint density at radius 2 is 2.23 bits per heavy atom. The number of aromatic nitrogens is 4. The third kappa shape index (κ3) is 2.72. The summed E-state index contributed by atoms with van der Waals surface area (Å²) in [6.45, 7) is 0.0415. The van der Waals surface area contributed by atoms with Crippen LogP contribution in [0.1, 0.15) is 32.2 Å². The van der Waals surface area contributed by atoms with Gasteiger partial charge in [0, 0.05) is 31.6 Å². The highest BCUT2D eigenvalue weighted by atomic mass is 32.1. The van der Waals surface area contributed by atoms with E-state index in [1.165, 1.54) is 29.9 Å². The number of hydrogen-bond donors (Lipinski definition) is 3. The van der Waals surface area contributed by atoms with Crippen LogP contribution in [-0.2, 0) is 6.61 Å². The van der Waals surface area contributed by atoms with E-state index in [0.717, 1.165) is 15.6 Å². The van der Waals surface area contributed by atoms with E-state index in [0.29, 0.717) is 17.6 Å². The standard InChI is InChI=1S/C15H15N5OS.2H2/c21-8-10-3-4-12(22-10)15-16-6-5-13(18-15)17-14-7-11(19-20-14)9-1-2-9;;/h3-7,9,21H,1-2,8H2,(H2,16,17,18,19,20);2*1H. The van der Waals surface area contributed by atoms with Gasteiger partial charge in [0.25, 0.3) is 0 Å². The molecule has 0 saturated heterocycles. The van der Waals surface area contributed by atoms with Gasteiger partial charge >= 0.3 is 0 Å². The summed E-state index contributed by atoms with van der Waals surface area (Å²) in [5, 5.41) is 19.7. The second kappa shape index (κ2) is 5.51. The van der Waals surface area contributed by atoms with Crippen molar-refractivity contribution in [3.63, 3.8) is 0 Å². The van der Waals surface area contributed by atoms with Crippen LogP contribution in [0.15, 0.2) is 30.5 Å². The smallest absolute Gasteiger partial charge is 0.171 e. The molecule has 0 amide bonds. The van der Waals surface area contributed by atoms with E-state index in [1.807, 2.05) is 24.3 Å². The van der Waals surface area contributed by atoms with Gasteiger partial charge in [-0.3, -0.25) is 5.10 Å². The third-order valence-electron chi connectivity index (χ3n) is 3.56. The lowest BCUT2D eigenvalue weighted by atomic mass is 10.3. The molecular weight excluding hydrogens is 298 g/mol. The molecule has 1 saturated carbocycles. The number of nitrogens with one attached hydrogen (secondary N) is 2. The number of aliphatic hydroxyl groups excluding tert-OH is 1. The molecule has 1 aliphatic rings. The molecule has 3 N–H and O–H groups in total. The number of anilines is 2. The zero-order valence-corrected chi connectivity index (χ0v) is 12.6. The Balaban J connectivity index is 0.00000104. The number of H-pyrrole nitrogens is 1. The van der Waals surface area contributed by atoms with Gasteiger partial charge in [-0.1, -0.05) is 0 Å². The minimum Gasteiger partial charge on any atom is -0.391 e. The highest BCUT2D eigenvalue weighted by molar-refractivity contribution is 7.15. The molecule has 116 valence electrons. The van der Waals surface area contributed by atoms with Gasteiger partial charge in [-0.05, 0) is 31.0 Å². The number of rotatable bonds is 5. The molecule has 3 heterocycles. The van der Waals surface area contributed by atoms with Gasteiger partial charge in [0.15, 0.2) is 11.6 Å². The molecule has 3 aromatic rings. The van der Waals surface area contributed by atoms with E-state index >= 15 is 0 Å². The van der Waals surface area contributed by atoms with Crippen molar-refractivity contribution in [3.05, 3.63) is 41.0 Å². The van der Waals surface area contributed by atoms with Crippen LogP contribution >= 0.6 is 11.3 Å². The lowest BCUT2D eigenvalue weighted by Gasteiger charge is -2.03. The quantitative estimate of drug-likeness (QED) is 0.670. The first-order valence-corrected chi connectivity index (χ1v) is 7.99. The van der Waals surface area contributed by atoms with Crippen molar-refractivity contribution in [1.82, 2.24) is 20.2 Å². The van der Waals surface area contributed by atoms with E-state index < -0.39 is 0 Å². The normalized spacial score (nSPS) is 14.2. The first-order chi connectivity index (χ1) is 10.8. The molecule has 0 radical (unpaired) electrons. The van der Waals surface area contributed by atoms with Crippen molar-refractivity contribution in [1.29, 1.82) is 0 Å². The van der Waals surface area contributed by atoms with Gasteiger partial charge in [-0.15, -0.1) is 11.3 Å². The molecule has 4 rings (SSSR count). The fourth-order valence-corrected chi connectivity index (χ4v) is 3.07. The van der Waals surface area contributed by atoms with Gasteiger partial charge < -0.3 is 10.4 Å². The fourth-order valence-electron chi connectivity index (χ4n) is 2.27. The second-order valence-electron chi connectivity index (χ2n) is 5.30. The van der Waals surface area contributed by atoms with Gasteiger partial charge in [0.2, 0.25) is 0 Å². The summed E-state index contributed by atoms with van der Waals surface area (Å²) in [6.07, 6.45) is 4.20. The number of aliphatic hydroxyl groups is 1. The summed E-state index contributed by atoms with van der Waals surface area (Å²) in [4.78, 5) is 10.6. The van der Waals surface area contributed by atoms with Crippen LogP contribution in [-0.4, -0.2) is 25.3 Å². The first-order valence-electron chi connectivity index (χ1n) is 7.17. The largest absolute Gasteiger partial charge is 0.391 e. The molecule has 0 bridgehead atoms. The monoisotopic (exact) mass is 317 g/mol. The molecule has 0 aromatic carbocycles. The summed E-state index contributed by atoms with van der Waals surface area (Å²) in [7, 11) is 0. The van der Waals surface area contributed by atoms with E-state index in [1.54, 1.807) is 6.20 Å². The minimum absolute atomic E-state index is 0. The van der Waals surface area contributed by atoms with Crippen molar-refractivity contribution >= 4 is 23.0 Å². The van der Waals surface area contributed by atoms with Crippen molar-refractivity contribution in [2.45, 2.75) is 25.4 Å². The number of thiophene rings is 1. The van der Waals surface area contributed by atoms with Gasteiger partial charge in [0.05, 0.1) is 11.5 Å². The number of nitrogens with zero attached hydrogens (tertiary/aromatic N) is 3. The Labute approximate surface area is 134 Å². The molecule has 3 aromatic heterocycles. The zero-order valence-electron chi connectivity index (χ0n) is 11.8. The maximum atomic E-state index is 9.14. The Bertz CT molecular complexity index is 803. The van der Waals surface area contributed by atoms with E-state index in [9.17, 15) is 0 Å². The fraction of sp³-hybridized carbons (Fsp3) is 0.267. The number of aromatic amines is 1. The summed E-state index contributed by atoms with van der Waals surface area (Å²) in [6, 6.07) is 7.66. The van der Waals surface area contributed by atoms with Crippen molar-refractivity contribution in [2.75, 3.05) is 5.32 Å². The molecule has 0 unspecified atom stereocenters. The SMILES string of the molecule is OCc1ccc(-c2nccc(Nc3cc(C4CC4)[nH]n3)n2)s1.[HH].[HH]. The summed E-state index contributed by atoms with van der Waals surface area (Å²) < 4.78 is 0. The second-order valence-corrected chi connectivity index (χ2v) is 6.47. The maximum absolute atomic E-state index is 9.14. The highest BCUT2D eigenvalue weighted by Gasteiger charge is 2.25. The van der Waals surface area contributed by atoms with Crippen molar-refractivity contribution < 1.29 is 7.96 Å². The molecule has 0 atom stereocenters. The highest BCUT2D eigenvalue weighted by Crippen LogP contribution is 2.39. The van der Waals surface area contributed by atoms with Gasteiger partial charge in [-0.25, -0.2) is 9.97 Å². The topological polar surface area (TPSA) is 86.7 Å². The molecule has 1 fully saturated rings. The molecular formula is C15H19N5OS. The van der Waals surface area contributed by atoms with Crippen LogP contribution in [0, 0.1) is 0 Å². The minimum atomic E-state index is 0. The zero-order chi connectivity index (χ0) is 14.9. The maximum Gasteiger partial charge on any atom is 0.171 e. The van der Waals surface area contributed by atoms with Crippen LogP contribution < -0.4 is 5.32 Å². The third-order valence-corrected chi connectivity index (χ3v) is 4.63. The predicted octanol–water partition coefficient (Wildman–Crippen LogP) is 3.53. The molecule has 0 aliphatic heterocycles. The molecule has 6 nitrogen and oxygen atoms in total. The average molecular weight is 317 g/mol. The molecule has 7 heteroatoms. The molecule has 0 spiro atoms. The van der Waals surface area contributed by atoms with E-state index in [2.05, 4.69) is 25.5 Å². The Morgan fingerprint density at radius 1 is 1.32 bits per heavy atom. The van der Waals surface area contributed by atoms with Crippen LogP contribution in [0.5, 0.6) is 0 Å². The predicted molar refractivity (Wildman–Crippen MR) is 89.3 cm³/mol. The Morgan fingerprint density at radius 3 is 3.00 bits per heavy atom. The van der Waals surface area contributed by atoms with Crippen LogP contribution in [0.25, 0.3) is 10.7 Å². The van der Waals surface area contributed by atoms with Crippen LogP contribution in [0.2, 0.25) is 0 Å². The van der Waals surface area contributed by atoms with Crippen LogP contribution in [0.4, 0.5) is 11.6 Å². The summed E-state index contributed by atoms with van der Waals surface area (Å²) >= 11 is 1.49. The summed E-state index contributed by atoms with van der Waals surface area (Å²) in [5.74, 6) is 2.77. The Hall–Kier alpha value is -2.25. The Kier molecular flexibility index (Phi) is 3.36. The van der Waals surface area contributed by atoms with Crippen LogP contribution in [0.3, 0.4) is 0 Å². The average Bonchev–Trinajstić information content (AvgIpc) is 3.10. The van der Waals surface area contributed by atoms with Gasteiger partial charge in [0.1, 0.15) is 5.82 Å². The van der Waals surface area contributed by atoms with Crippen molar-refractivity contribution in [2.24, 2.45) is 0 Å². The lowest BCUT2D eigenvalue weighted by molar-refractivity contribution is 0.285. The van der Waals surface area contributed by atoms with Gasteiger partial charge in [-0.2, -0.15) is 5.10 Å². The summed E-state index contributed by atoms with van der Waals surface area (Å²) in [5.41, 5.74) is 1.18. The van der Waals surface area contributed by atoms with E-state index in [4.69, 9.17) is 5.11 Å². The first kappa shape index (κ1) is 13.4. The number of hydrogen-bond acceptors (Lipinski definition) is 6. The molecule has 1 aliphatic carbocycles.